The molecule has 5 rings (SSSR count). The van der Waals surface area contributed by atoms with Gasteiger partial charge in [-0.3, -0.25) is 9.59 Å². The molecule has 0 spiro atoms. The van der Waals surface area contributed by atoms with Crippen LogP contribution < -0.4 is 10.7 Å². The number of hydrogen-bond donors (Lipinski definition) is 1. The number of rotatable bonds is 4. The van der Waals surface area contributed by atoms with Gasteiger partial charge in [0, 0.05) is 12.4 Å². The maximum absolute atomic E-state index is 13.7. The molecule has 1 amide bonds. The third kappa shape index (κ3) is 3.46. The molecule has 0 aliphatic rings. The zero-order chi connectivity index (χ0) is 22.1. The van der Waals surface area contributed by atoms with Gasteiger partial charge in [-0.25, -0.2) is 0 Å². The van der Waals surface area contributed by atoms with E-state index in [0.29, 0.717) is 16.8 Å². The van der Waals surface area contributed by atoms with Crippen LogP contribution in [0.5, 0.6) is 0 Å². The first-order valence-electron chi connectivity index (χ1n) is 10.6. The van der Waals surface area contributed by atoms with E-state index < -0.39 is 0 Å². The Kier molecular flexibility index (Phi) is 5.04. The van der Waals surface area contributed by atoms with Crippen LogP contribution in [0.15, 0.2) is 102 Å². The predicted molar refractivity (Wildman–Crippen MR) is 131 cm³/mol. The quantitative estimate of drug-likeness (QED) is 0.417. The summed E-state index contributed by atoms with van der Waals surface area (Å²) in [5.41, 5.74) is 2.91. The number of carbonyl (C=O) groups excluding carboxylic acids is 1. The molecule has 4 heteroatoms. The Bertz CT molecular complexity index is 1510. The van der Waals surface area contributed by atoms with Crippen molar-refractivity contribution in [2.45, 2.75) is 6.42 Å². The van der Waals surface area contributed by atoms with Gasteiger partial charge in [0.2, 0.25) is 5.91 Å². The van der Waals surface area contributed by atoms with Crippen molar-refractivity contribution >= 4 is 33.4 Å². The van der Waals surface area contributed by atoms with Crippen LogP contribution in [0.4, 0.5) is 5.82 Å². The highest BCUT2D eigenvalue weighted by Crippen LogP contribution is 2.33. The highest BCUT2D eigenvalue weighted by atomic mass is 16.1. The molecular weight excluding hydrogens is 396 g/mol. The number of fused-ring (bicyclic) bond motifs is 2. The highest BCUT2D eigenvalue weighted by Gasteiger charge is 2.20. The molecule has 0 bridgehead atoms. The molecule has 5 aromatic rings. The molecule has 1 heterocycles. The second-order valence-electron chi connectivity index (χ2n) is 7.87. The summed E-state index contributed by atoms with van der Waals surface area (Å²) in [6.07, 6.45) is 0.233. The maximum Gasteiger partial charge on any atom is 0.229 e. The fourth-order valence-electron chi connectivity index (χ4n) is 4.29. The van der Waals surface area contributed by atoms with Crippen molar-refractivity contribution in [1.29, 1.82) is 0 Å². The van der Waals surface area contributed by atoms with Crippen LogP contribution in [0.2, 0.25) is 0 Å². The number of carbonyl (C=O) groups is 1. The fourth-order valence-corrected chi connectivity index (χ4v) is 4.29. The molecule has 0 aliphatic carbocycles. The van der Waals surface area contributed by atoms with Crippen LogP contribution >= 0.6 is 0 Å². The van der Waals surface area contributed by atoms with Gasteiger partial charge in [-0.2, -0.15) is 0 Å². The van der Waals surface area contributed by atoms with Gasteiger partial charge >= 0.3 is 0 Å². The van der Waals surface area contributed by atoms with Gasteiger partial charge in [0.05, 0.1) is 17.5 Å². The van der Waals surface area contributed by atoms with Crippen LogP contribution in [0, 0.1) is 0 Å². The molecule has 4 nitrogen and oxygen atoms in total. The number of benzene rings is 4. The van der Waals surface area contributed by atoms with Crippen LogP contribution in [0.3, 0.4) is 0 Å². The van der Waals surface area contributed by atoms with Gasteiger partial charge in [-0.05, 0) is 34.0 Å². The molecule has 0 saturated carbocycles. The number of aromatic nitrogens is 1. The van der Waals surface area contributed by atoms with Crippen molar-refractivity contribution in [3.8, 4) is 11.1 Å². The third-order valence-corrected chi connectivity index (χ3v) is 5.83. The zero-order valence-electron chi connectivity index (χ0n) is 17.7. The molecule has 0 atom stereocenters. The van der Waals surface area contributed by atoms with Crippen molar-refractivity contribution in [1.82, 2.24) is 4.57 Å². The second kappa shape index (κ2) is 8.16. The number of aryl methyl sites for hydroxylation is 1. The number of anilines is 1. The van der Waals surface area contributed by atoms with Crippen LogP contribution in [0.25, 0.3) is 32.8 Å². The average molecular weight is 418 g/mol. The zero-order valence-corrected chi connectivity index (χ0v) is 17.7. The summed E-state index contributed by atoms with van der Waals surface area (Å²) in [5, 5.41) is 5.69. The first kappa shape index (κ1) is 19.8. The number of para-hydroxylation sites is 1. The lowest BCUT2D eigenvalue weighted by atomic mass is 9.96. The largest absolute Gasteiger partial charge is 0.330 e. The number of pyridine rings is 1. The van der Waals surface area contributed by atoms with Crippen molar-refractivity contribution < 1.29 is 4.79 Å². The maximum atomic E-state index is 13.7. The van der Waals surface area contributed by atoms with E-state index in [2.05, 4.69) is 5.32 Å². The van der Waals surface area contributed by atoms with Gasteiger partial charge < -0.3 is 9.88 Å². The van der Waals surface area contributed by atoms with Crippen molar-refractivity contribution in [2.75, 3.05) is 5.32 Å². The molecule has 0 fully saturated rings. The Morgan fingerprint density at radius 3 is 2.25 bits per heavy atom. The van der Waals surface area contributed by atoms with Crippen LogP contribution in [-0.2, 0) is 18.3 Å². The summed E-state index contributed by atoms with van der Waals surface area (Å²) < 4.78 is 1.90. The Balaban J connectivity index is 1.73. The first-order chi connectivity index (χ1) is 15.6. The molecule has 156 valence electrons. The summed E-state index contributed by atoms with van der Waals surface area (Å²) in [4.78, 5) is 26.7. The lowest BCUT2D eigenvalue weighted by Crippen LogP contribution is -2.22. The van der Waals surface area contributed by atoms with Gasteiger partial charge in [-0.1, -0.05) is 84.9 Å². The minimum Gasteiger partial charge on any atom is -0.330 e. The van der Waals surface area contributed by atoms with Gasteiger partial charge in [0.15, 0.2) is 5.43 Å². The Morgan fingerprint density at radius 2 is 1.44 bits per heavy atom. The standard InChI is InChI=1S/C28H22N2O2/c1-30-24-17-8-7-15-23(24)27(32)26(22-16-9-13-20-12-5-6-14-21(20)22)28(30)29-25(31)18-19-10-3-2-4-11-19/h2-17H,18H2,1H3,(H,29,31). The van der Waals surface area contributed by atoms with E-state index in [-0.39, 0.29) is 17.8 Å². The number of nitrogens with one attached hydrogen (secondary N) is 1. The van der Waals surface area contributed by atoms with Gasteiger partial charge in [0.25, 0.3) is 0 Å². The molecule has 1 N–H and O–H groups in total. The first-order valence-corrected chi connectivity index (χ1v) is 10.6. The topological polar surface area (TPSA) is 51.1 Å². The van der Waals surface area contributed by atoms with E-state index in [1.807, 2.05) is 109 Å². The number of hydrogen-bond acceptors (Lipinski definition) is 2. The molecule has 0 saturated heterocycles. The van der Waals surface area contributed by atoms with Crippen molar-refractivity contribution in [3.05, 3.63) is 113 Å². The van der Waals surface area contributed by atoms with Gasteiger partial charge in [0.1, 0.15) is 5.82 Å². The Hall–Kier alpha value is -4.18. The molecule has 0 unspecified atom stereocenters. The molecule has 1 aromatic heterocycles. The summed E-state index contributed by atoms with van der Waals surface area (Å²) in [5.74, 6) is 0.342. The van der Waals surface area contributed by atoms with Crippen molar-refractivity contribution in [3.63, 3.8) is 0 Å². The molecule has 32 heavy (non-hydrogen) atoms. The molecule has 0 aliphatic heterocycles. The Morgan fingerprint density at radius 1 is 0.781 bits per heavy atom. The normalized spacial score (nSPS) is 11.0. The number of amides is 1. The van der Waals surface area contributed by atoms with E-state index in [1.54, 1.807) is 0 Å². The average Bonchev–Trinajstić information content (AvgIpc) is 2.83. The minimum absolute atomic E-state index is 0.0925. The molecular formula is C28H22N2O2. The minimum atomic E-state index is -0.164. The predicted octanol–water partition coefficient (Wildman–Crippen LogP) is 5.54. The van der Waals surface area contributed by atoms with E-state index in [0.717, 1.165) is 27.4 Å². The van der Waals surface area contributed by atoms with Crippen LogP contribution in [-0.4, -0.2) is 10.5 Å². The lowest BCUT2D eigenvalue weighted by molar-refractivity contribution is -0.115. The summed E-state index contributed by atoms with van der Waals surface area (Å²) in [7, 11) is 1.88. The van der Waals surface area contributed by atoms with Gasteiger partial charge in [-0.15, -0.1) is 0 Å². The van der Waals surface area contributed by atoms with Crippen molar-refractivity contribution in [2.24, 2.45) is 7.05 Å². The fraction of sp³-hybridized carbons (Fsp3) is 0.0714. The lowest BCUT2D eigenvalue weighted by Gasteiger charge is -2.19. The third-order valence-electron chi connectivity index (χ3n) is 5.83. The summed E-state index contributed by atoms with van der Waals surface area (Å²) in [6.45, 7) is 0. The smallest absolute Gasteiger partial charge is 0.229 e. The monoisotopic (exact) mass is 418 g/mol. The Labute approximate surface area is 185 Å². The van der Waals surface area contributed by atoms with Crippen LogP contribution in [0.1, 0.15) is 5.56 Å². The molecule has 4 aromatic carbocycles. The van der Waals surface area contributed by atoms with E-state index >= 15 is 0 Å². The molecule has 0 radical (unpaired) electrons. The SMILES string of the molecule is Cn1c(NC(=O)Cc2ccccc2)c(-c2cccc3ccccc23)c(=O)c2ccccc21. The summed E-state index contributed by atoms with van der Waals surface area (Å²) in [6, 6.07) is 31.0. The van der Waals surface area contributed by atoms with E-state index in [4.69, 9.17) is 0 Å². The van der Waals surface area contributed by atoms with E-state index in [9.17, 15) is 9.59 Å². The summed E-state index contributed by atoms with van der Waals surface area (Å²) >= 11 is 0. The highest BCUT2D eigenvalue weighted by molar-refractivity contribution is 6.04. The number of nitrogens with zero attached hydrogens (tertiary/aromatic N) is 1. The second-order valence-corrected chi connectivity index (χ2v) is 7.87. The van der Waals surface area contributed by atoms with E-state index in [1.165, 1.54) is 0 Å².